The van der Waals surface area contributed by atoms with E-state index >= 15 is 0 Å². The van der Waals surface area contributed by atoms with Gasteiger partial charge in [0.05, 0.1) is 5.52 Å². The van der Waals surface area contributed by atoms with Crippen LogP contribution >= 0.6 is 11.3 Å². The van der Waals surface area contributed by atoms with Gasteiger partial charge in [0.15, 0.2) is 5.69 Å². The summed E-state index contributed by atoms with van der Waals surface area (Å²) in [6.07, 6.45) is 0. The van der Waals surface area contributed by atoms with Crippen LogP contribution in [0.2, 0.25) is 0 Å². The Morgan fingerprint density at radius 1 is 1.32 bits per heavy atom. The van der Waals surface area contributed by atoms with Crippen LogP contribution in [0.3, 0.4) is 0 Å². The first-order chi connectivity index (χ1) is 10.6. The number of azo groups is 1. The van der Waals surface area contributed by atoms with E-state index < -0.39 is 0 Å². The zero-order valence-corrected chi connectivity index (χ0v) is 12.6. The van der Waals surface area contributed by atoms with Crippen LogP contribution in [0, 0.1) is 0 Å². The van der Waals surface area contributed by atoms with Gasteiger partial charge in [-0.2, -0.15) is 0 Å². The van der Waals surface area contributed by atoms with Crippen LogP contribution < -0.4 is 5.32 Å². The number of hydrogen-bond acceptors (Lipinski definition) is 7. The summed E-state index contributed by atoms with van der Waals surface area (Å²) in [5, 5.41) is 29.7. The van der Waals surface area contributed by atoms with E-state index in [9.17, 15) is 9.90 Å². The van der Waals surface area contributed by atoms with E-state index in [1.807, 2.05) is 24.3 Å². The molecule has 3 rings (SSSR count). The van der Waals surface area contributed by atoms with Crippen molar-refractivity contribution in [3.05, 3.63) is 24.3 Å². The van der Waals surface area contributed by atoms with Crippen molar-refractivity contribution in [2.24, 2.45) is 17.3 Å². The second-order valence-electron chi connectivity index (χ2n) is 4.52. The van der Waals surface area contributed by atoms with Crippen LogP contribution in [0.25, 0.3) is 10.9 Å². The summed E-state index contributed by atoms with van der Waals surface area (Å²) < 4.78 is 1.63. The molecule has 0 bridgehead atoms. The Morgan fingerprint density at radius 3 is 2.86 bits per heavy atom. The average Bonchev–Trinajstić information content (AvgIpc) is 3.02. The lowest BCUT2D eigenvalue weighted by Gasteiger charge is -1.94. The largest absolute Gasteiger partial charge is 0.493 e. The Kier molecular flexibility index (Phi) is 3.55. The fourth-order valence-corrected chi connectivity index (χ4v) is 2.62. The van der Waals surface area contributed by atoms with Crippen LogP contribution in [-0.2, 0) is 11.8 Å². The number of carbonyl (C=O) groups is 1. The molecule has 0 radical (unpaired) electrons. The van der Waals surface area contributed by atoms with Gasteiger partial charge in [-0.25, -0.2) is 0 Å². The number of carbonyl (C=O) groups excluding carboxylic acids is 1. The second-order valence-corrected chi connectivity index (χ2v) is 5.48. The number of nitrogens with one attached hydrogen (secondary N) is 1. The van der Waals surface area contributed by atoms with E-state index in [1.165, 1.54) is 6.92 Å². The topological polar surface area (TPSA) is 105 Å². The molecule has 0 unspecified atom stereocenters. The number of amides is 1. The molecular formula is C13H12N6O2S. The number of aromatic hydroxyl groups is 1. The van der Waals surface area contributed by atoms with Crippen molar-refractivity contribution < 1.29 is 9.90 Å². The monoisotopic (exact) mass is 316 g/mol. The molecule has 2 N–H and O–H groups in total. The van der Waals surface area contributed by atoms with E-state index in [1.54, 1.807) is 11.6 Å². The maximum atomic E-state index is 10.9. The van der Waals surface area contributed by atoms with Crippen LogP contribution in [0.4, 0.5) is 16.0 Å². The summed E-state index contributed by atoms with van der Waals surface area (Å²) in [4.78, 5) is 10.9. The minimum atomic E-state index is -0.230. The Bertz CT molecular complexity index is 882. The highest BCUT2D eigenvalue weighted by atomic mass is 32.1. The SMILES string of the molecule is CC(=O)Nc1nnc(N=Nc2c(O)n(C)c3ccccc23)s1. The molecule has 2 heterocycles. The molecule has 0 spiro atoms. The zero-order valence-electron chi connectivity index (χ0n) is 11.8. The standard InChI is InChI=1S/C13H12N6O2S/c1-7(20)14-12-16-18-13(22-12)17-15-10-8-5-3-4-6-9(8)19(2)11(10)21/h3-6,21H,1-2H3,(H,14,16,20). The molecule has 3 aromatic rings. The normalized spacial score (nSPS) is 11.4. The Morgan fingerprint density at radius 2 is 2.09 bits per heavy atom. The fraction of sp³-hybridized carbons (Fsp3) is 0.154. The van der Waals surface area contributed by atoms with Gasteiger partial charge >= 0.3 is 0 Å². The molecule has 0 aliphatic rings. The minimum absolute atomic E-state index is 0.0246. The summed E-state index contributed by atoms with van der Waals surface area (Å²) in [6.45, 7) is 1.39. The summed E-state index contributed by atoms with van der Waals surface area (Å²) in [5.41, 5.74) is 1.22. The molecule has 0 atom stereocenters. The molecule has 0 saturated heterocycles. The van der Waals surface area contributed by atoms with Crippen molar-refractivity contribution in [3.63, 3.8) is 0 Å². The van der Waals surface area contributed by atoms with Crippen molar-refractivity contribution in [1.29, 1.82) is 0 Å². The Labute approximate surface area is 129 Å². The van der Waals surface area contributed by atoms with Crippen LogP contribution in [0.15, 0.2) is 34.5 Å². The van der Waals surface area contributed by atoms with Gasteiger partial charge < -0.3 is 15.0 Å². The van der Waals surface area contributed by atoms with Gasteiger partial charge in [-0.05, 0) is 6.07 Å². The van der Waals surface area contributed by atoms with Crippen molar-refractivity contribution in [3.8, 4) is 5.88 Å². The first-order valence-corrected chi connectivity index (χ1v) is 7.17. The van der Waals surface area contributed by atoms with E-state index in [0.29, 0.717) is 10.8 Å². The van der Waals surface area contributed by atoms with Crippen molar-refractivity contribution >= 4 is 44.1 Å². The van der Waals surface area contributed by atoms with Gasteiger partial charge in [0, 0.05) is 19.4 Å². The molecule has 1 amide bonds. The number of rotatable bonds is 3. The summed E-state index contributed by atoms with van der Waals surface area (Å²) in [6, 6.07) is 7.48. The first-order valence-electron chi connectivity index (χ1n) is 6.35. The van der Waals surface area contributed by atoms with Crippen LogP contribution in [0.1, 0.15) is 6.92 Å². The number of hydrogen-bond donors (Lipinski definition) is 2. The van der Waals surface area contributed by atoms with E-state index in [2.05, 4.69) is 25.7 Å². The Hall–Kier alpha value is -2.81. The molecule has 2 aromatic heterocycles. The predicted octanol–water partition coefficient (Wildman–Crippen LogP) is 3.11. The summed E-state index contributed by atoms with van der Waals surface area (Å²) in [7, 11) is 1.75. The van der Waals surface area contributed by atoms with Crippen molar-refractivity contribution in [2.75, 3.05) is 5.32 Å². The highest BCUT2D eigenvalue weighted by Crippen LogP contribution is 2.38. The average molecular weight is 316 g/mol. The molecule has 112 valence electrons. The molecule has 0 fully saturated rings. The van der Waals surface area contributed by atoms with Gasteiger partial charge in [0.1, 0.15) is 0 Å². The highest BCUT2D eigenvalue weighted by molar-refractivity contribution is 7.18. The molecule has 0 aliphatic carbocycles. The molecule has 9 heteroatoms. The first kappa shape index (κ1) is 14.1. The quantitative estimate of drug-likeness (QED) is 0.724. The number of para-hydroxylation sites is 1. The number of anilines is 1. The van der Waals surface area contributed by atoms with E-state index in [-0.39, 0.29) is 16.9 Å². The second kappa shape index (κ2) is 5.53. The number of benzene rings is 1. The third-order valence-corrected chi connectivity index (χ3v) is 3.71. The highest BCUT2D eigenvalue weighted by Gasteiger charge is 2.14. The zero-order chi connectivity index (χ0) is 15.7. The summed E-state index contributed by atoms with van der Waals surface area (Å²) >= 11 is 1.10. The lowest BCUT2D eigenvalue weighted by Crippen LogP contribution is -2.04. The van der Waals surface area contributed by atoms with Gasteiger partial charge in [-0.1, -0.05) is 29.5 Å². The number of aromatic nitrogens is 3. The molecule has 0 aliphatic heterocycles. The maximum Gasteiger partial charge on any atom is 0.253 e. The van der Waals surface area contributed by atoms with Crippen molar-refractivity contribution in [1.82, 2.24) is 14.8 Å². The third-order valence-electron chi connectivity index (χ3n) is 2.98. The predicted molar refractivity (Wildman–Crippen MR) is 83.0 cm³/mol. The van der Waals surface area contributed by atoms with Gasteiger partial charge in [0.25, 0.3) is 5.13 Å². The number of aryl methyl sites for hydroxylation is 1. The smallest absolute Gasteiger partial charge is 0.253 e. The molecule has 0 saturated carbocycles. The molecule has 1 aromatic carbocycles. The molecule has 22 heavy (non-hydrogen) atoms. The molecule has 8 nitrogen and oxygen atoms in total. The number of fused-ring (bicyclic) bond motifs is 1. The van der Waals surface area contributed by atoms with Crippen LogP contribution in [-0.4, -0.2) is 25.8 Å². The fourth-order valence-electron chi connectivity index (χ4n) is 2.01. The summed E-state index contributed by atoms with van der Waals surface area (Å²) in [5.74, 6) is -0.206. The van der Waals surface area contributed by atoms with Crippen LogP contribution in [0.5, 0.6) is 5.88 Å². The maximum absolute atomic E-state index is 10.9. The van der Waals surface area contributed by atoms with Gasteiger partial charge in [0.2, 0.25) is 16.9 Å². The molecular weight excluding hydrogens is 304 g/mol. The Balaban J connectivity index is 1.94. The third kappa shape index (κ3) is 2.53. The minimum Gasteiger partial charge on any atom is -0.493 e. The number of nitrogens with zero attached hydrogens (tertiary/aromatic N) is 5. The van der Waals surface area contributed by atoms with Crippen molar-refractivity contribution in [2.45, 2.75) is 6.92 Å². The van der Waals surface area contributed by atoms with E-state index in [4.69, 9.17) is 0 Å². The van der Waals surface area contributed by atoms with E-state index in [0.717, 1.165) is 22.2 Å². The van der Waals surface area contributed by atoms with Gasteiger partial charge in [-0.3, -0.25) is 4.79 Å². The lowest BCUT2D eigenvalue weighted by atomic mass is 10.2. The lowest BCUT2D eigenvalue weighted by molar-refractivity contribution is -0.114. The van der Waals surface area contributed by atoms with Gasteiger partial charge in [-0.15, -0.1) is 20.4 Å².